The van der Waals surface area contributed by atoms with Crippen molar-refractivity contribution in [3.63, 3.8) is 0 Å². The summed E-state index contributed by atoms with van der Waals surface area (Å²) in [7, 11) is 0. The SMILES string of the molecule is CC(=O)NCC=Cc1ccccc1C(F)F. The number of rotatable bonds is 4. The summed E-state index contributed by atoms with van der Waals surface area (Å²) in [4.78, 5) is 10.6. The number of carbonyl (C=O) groups is 1. The maximum Gasteiger partial charge on any atom is 0.264 e. The molecular weight excluding hydrogens is 212 g/mol. The van der Waals surface area contributed by atoms with Gasteiger partial charge in [-0.15, -0.1) is 0 Å². The first kappa shape index (κ1) is 12.4. The minimum atomic E-state index is -2.48. The number of benzene rings is 1. The average Bonchev–Trinajstić information content (AvgIpc) is 2.24. The Morgan fingerprint density at radius 2 is 2.12 bits per heavy atom. The lowest BCUT2D eigenvalue weighted by atomic mass is 10.1. The highest BCUT2D eigenvalue weighted by Gasteiger charge is 2.09. The van der Waals surface area contributed by atoms with E-state index in [0.29, 0.717) is 12.1 Å². The highest BCUT2D eigenvalue weighted by atomic mass is 19.3. The number of carbonyl (C=O) groups excluding carboxylic acids is 1. The molecule has 0 aliphatic rings. The van der Waals surface area contributed by atoms with Crippen molar-refractivity contribution >= 4 is 12.0 Å². The van der Waals surface area contributed by atoms with Crippen LogP contribution in [0.4, 0.5) is 8.78 Å². The van der Waals surface area contributed by atoms with E-state index in [1.165, 1.54) is 13.0 Å². The van der Waals surface area contributed by atoms with Gasteiger partial charge in [0.1, 0.15) is 0 Å². The summed E-state index contributed by atoms with van der Waals surface area (Å²) in [5.74, 6) is -0.146. The Labute approximate surface area is 93.0 Å². The summed E-state index contributed by atoms with van der Waals surface area (Å²) in [6.07, 6.45) is 0.738. The third-order valence-electron chi connectivity index (χ3n) is 2.00. The van der Waals surface area contributed by atoms with Crippen LogP contribution in [-0.4, -0.2) is 12.5 Å². The predicted octanol–water partition coefficient (Wildman–Crippen LogP) is 2.77. The maximum absolute atomic E-state index is 12.6. The molecule has 0 saturated heterocycles. The lowest BCUT2D eigenvalue weighted by Gasteiger charge is -2.03. The largest absolute Gasteiger partial charge is 0.353 e. The molecule has 1 rings (SSSR count). The molecule has 0 aliphatic carbocycles. The van der Waals surface area contributed by atoms with Gasteiger partial charge in [0, 0.05) is 19.0 Å². The second kappa shape index (κ2) is 6.00. The molecule has 0 radical (unpaired) electrons. The molecule has 1 amide bonds. The zero-order chi connectivity index (χ0) is 12.0. The van der Waals surface area contributed by atoms with Crippen LogP contribution in [0.1, 0.15) is 24.5 Å². The lowest BCUT2D eigenvalue weighted by molar-refractivity contribution is -0.118. The van der Waals surface area contributed by atoms with Crippen LogP contribution in [0.2, 0.25) is 0 Å². The fraction of sp³-hybridized carbons (Fsp3) is 0.250. The van der Waals surface area contributed by atoms with E-state index < -0.39 is 6.43 Å². The van der Waals surface area contributed by atoms with E-state index in [1.54, 1.807) is 30.4 Å². The molecule has 0 unspecified atom stereocenters. The zero-order valence-electron chi connectivity index (χ0n) is 8.91. The van der Waals surface area contributed by atoms with Crippen LogP contribution in [-0.2, 0) is 4.79 Å². The number of alkyl halides is 2. The first-order chi connectivity index (χ1) is 7.61. The molecule has 1 aromatic rings. The summed E-state index contributed by atoms with van der Waals surface area (Å²) >= 11 is 0. The summed E-state index contributed by atoms with van der Waals surface area (Å²) in [6, 6.07) is 6.28. The Balaban J connectivity index is 2.69. The lowest BCUT2D eigenvalue weighted by Crippen LogP contribution is -2.19. The van der Waals surface area contributed by atoms with E-state index in [4.69, 9.17) is 0 Å². The van der Waals surface area contributed by atoms with Gasteiger partial charge in [0.05, 0.1) is 0 Å². The highest BCUT2D eigenvalue weighted by Crippen LogP contribution is 2.23. The predicted molar refractivity (Wildman–Crippen MR) is 59.1 cm³/mol. The van der Waals surface area contributed by atoms with Crippen molar-refractivity contribution in [1.29, 1.82) is 0 Å². The summed E-state index contributed by atoms with van der Waals surface area (Å²) in [5.41, 5.74) is 0.476. The molecule has 0 heterocycles. The third-order valence-corrected chi connectivity index (χ3v) is 2.00. The molecule has 86 valence electrons. The second-order valence-corrected chi connectivity index (χ2v) is 3.27. The van der Waals surface area contributed by atoms with Gasteiger partial charge in [0.25, 0.3) is 6.43 Å². The summed E-state index contributed by atoms with van der Waals surface area (Å²) < 4.78 is 25.1. The molecule has 4 heteroatoms. The van der Waals surface area contributed by atoms with Crippen molar-refractivity contribution in [3.8, 4) is 0 Å². The van der Waals surface area contributed by atoms with Gasteiger partial charge in [-0.05, 0) is 5.56 Å². The Morgan fingerprint density at radius 1 is 1.44 bits per heavy atom. The zero-order valence-corrected chi connectivity index (χ0v) is 8.91. The van der Waals surface area contributed by atoms with Gasteiger partial charge in [0.15, 0.2) is 0 Å². The smallest absolute Gasteiger partial charge is 0.264 e. The van der Waals surface area contributed by atoms with Crippen LogP contribution >= 0.6 is 0 Å². The van der Waals surface area contributed by atoms with Crippen molar-refractivity contribution in [2.75, 3.05) is 6.54 Å². The number of amides is 1. The fourth-order valence-electron chi connectivity index (χ4n) is 1.25. The quantitative estimate of drug-likeness (QED) is 0.838. The van der Waals surface area contributed by atoms with Crippen LogP contribution in [0, 0.1) is 0 Å². The molecule has 0 atom stereocenters. The molecule has 0 saturated carbocycles. The van der Waals surface area contributed by atoms with Crippen LogP contribution in [0.25, 0.3) is 6.08 Å². The van der Waals surface area contributed by atoms with E-state index in [-0.39, 0.29) is 11.5 Å². The molecule has 0 bridgehead atoms. The van der Waals surface area contributed by atoms with E-state index in [9.17, 15) is 13.6 Å². The first-order valence-corrected chi connectivity index (χ1v) is 4.89. The van der Waals surface area contributed by atoms with Crippen molar-refractivity contribution in [1.82, 2.24) is 5.32 Å². The molecular formula is C12H13F2NO. The summed E-state index contributed by atoms with van der Waals surface area (Å²) in [5, 5.41) is 2.55. The number of halogens is 2. The third kappa shape index (κ3) is 3.81. The Morgan fingerprint density at radius 3 is 2.75 bits per heavy atom. The van der Waals surface area contributed by atoms with Crippen LogP contribution in [0.15, 0.2) is 30.3 Å². The van der Waals surface area contributed by atoms with Crippen molar-refractivity contribution in [2.24, 2.45) is 0 Å². The van der Waals surface area contributed by atoms with Crippen molar-refractivity contribution in [3.05, 3.63) is 41.5 Å². The highest BCUT2D eigenvalue weighted by molar-refractivity contribution is 5.73. The molecule has 1 N–H and O–H groups in total. The molecule has 0 aromatic heterocycles. The normalized spacial score (nSPS) is 11.0. The van der Waals surface area contributed by atoms with Crippen LogP contribution in [0.3, 0.4) is 0 Å². The molecule has 16 heavy (non-hydrogen) atoms. The first-order valence-electron chi connectivity index (χ1n) is 4.89. The van der Waals surface area contributed by atoms with Crippen LogP contribution in [0.5, 0.6) is 0 Å². The summed E-state index contributed by atoms with van der Waals surface area (Å²) in [6.45, 7) is 1.74. The maximum atomic E-state index is 12.6. The Hall–Kier alpha value is -1.71. The molecule has 0 spiro atoms. The Kier molecular flexibility index (Phi) is 4.64. The van der Waals surface area contributed by atoms with Gasteiger partial charge in [-0.3, -0.25) is 4.79 Å². The standard InChI is InChI=1S/C12H13F2NO/c1-9(16)15-8-4-6-10-5-2-3-7-11(10)12(13)14/h2-7,12H,8H2,1H3,(H,15,16). The van der Waals surface area contributed by atoms with Gasteiger partial charge in [-0.1, -0.05) is 36.4 Å². The molecule has 0 fully saturated rings. The molecule has 0 aliphatic heterocycles. The minimum absolute atomic E-state index is 0.00146. The van der Waals surface area contributed by atoms with Crippen LogP contribution < -0.4 is 5.32 Å². The van der Waals surface area contributed by atoms with E-state index in [2.05, 4.69) is 5.32 Å². The Bertz CT molecular complexity index is 388. The second-order valence-electron chi connectivity index (χ2n) is 3.27. The topological polar surface area (TPSA) is 29.1 Å². The van der Waals surface area contributed by atoms with Gasteiger partial charge < -0.3 is 5.32 Å². The molecule has 2 nitrogen and oxygen atoms in total. The van der Waals surface area contributed by atoms with E-state index in [1.807, 2.05) is 0 Å². The monoisotopic (exact) mass is 225 g/mol. The minimum Gasteiger partial charge on any atom is -0.353 e. The van der Waals surface area contributed by atoms with E-state index in [0.717, 1.165) is 0 Å². The number of nitrogens with one attached hydrogen (secondary N) is 1. The number of hydrogen-bond donors (Lipinski definition) is 1. The van der Waals surface area contributed by atoms with Gasteiger partial charge in [-0.25, -0.2) is 8.78 Å². The molecule has 1 aromatic carbocycles. The van der Waals surface area contributed by atoms with Gasteiger partial charge in [-0.2, -0.15) is 0 Å². The van der Waals surface area contributed by atoms with Gasteiger partial charge in [0.2, 0.25) is 5.91 Å². The van der Waals surface area contributed by atoms with E-state index >= 15 is 0 Å². The average molecular weight is 225 g/mol. The fourth-order valence-corrected chi connectivity index (χ4v) is 1.25. The van der Waals surface area contributed by atoms with Crippen molar-refractivity contribution in [2.45, 2.75) is 13.3 Å². The van der Waals surface area contributed by atoms with Gasteiger partial charge >= 0.3 is 0 Å². The number of hydrogen-bond acceptors (Lipinski definition) is 1. The van der Waals surface area contributed by atoms with Crippen molar-refractivity contribution < 1.29 is 13.6 Å².